The lowest BCUT2D eigenvalue weighted by Crippen LogP contribution is -2.17. The van der Waals surface area contributed by atoms with Crippen LogP contribution in [0.3, 0.4) is 0 Å². The Hall–Kier alpha value is -2.85. The molecule has 0 fully saturated rings. The molecule has 47 heavy (non-hydrogen) atoms. The molecular weight excluding hydrogens is 695 g/mol. The third kappa shape index (κ3) is 24.0. The van der Waals surface area contributed by atoms with Gasteiger partial charge in [-0.05, 0) is 44.2 Å². The summed E-state index contributed by atoms with van der Waals surface area (Å²) < 4.78 is 89.2. The fraction of sp³-hybridized carbons (Fsp3) is 0.750. The summed E-state index contributed by atoms with van der Waals surface area (Å²) in [6.45, 7) is 3.42. The van der Waals surface area contributed by atoms with Crippen LogP contribution in [0, 0.1) is 0 Å². The van der Waals surface area contributed by atoms with E-state index in [1.807, 2.05) is 6.92 Å². The van der Waals surface area contributed by atoms with E-state index in [0.29, 0.717) is 31.5 Å². The first-order chi connectivity index (χ1) is 22.2. The van der Waals surface area contributed by atoms with Crippen LogP contribution in [0.1, 0.15) is 51.9 Å². The summed E-state index contributed by atoms with van der Waals surface area (Å²) in [6, 6.07) is -0.449. The first kappa shape index (κ1) is 42.2. The Kier molecular flexibility index (Phi) is 21.1. The number of aliphatic hydroxyl groups is 1. The molecule has 1 aromatic heterocycles. The van der Waals surface area contributed by atoms with Gasteiger partial charge in [0.1, 0.15) is 6.61 Å². The predicted octanol–water partition coefficient (Wildman–Crippen LogP) is 0.518. The molecule has 270 valence electrons. The number of carbonyl (C=O) groups is 3. The van der Waals surface area contributed by atoms with Crippen LogP contribution < -0.4 is 14.8 Å². The van der Waals surface area contributed by atoms with E-state index in [1.165, 1.54) is 0 Å². The molecule has 0 saturated heterocycles. The van der Waals surface area contributed by atoms with Gasteiger partial charge in [-0.2, -0.15) is 26.8 Å². The van der Waals surface area contributed by atoms with Gasteiger partial charge in [-0.1, -0.05) is 6.92 Å². The zero-order valence-electron chi connectivity index (χ0n) is 25.8. The second kappa shape index (κ2) is 23.5. The molecule has 0 aliphatic carbocycles. The fourth-order valence-electron chi connectivity index (χ4n) is 3.51. The van der Waals surface area contributed by atoms with Gasteiger partial charge >= 0.3 is 50.7 Å². The Bertz CT molecular complexity index is 1240. The number of carbonyl (C=O) groups excluding carboxylic acids is 3. The summed E-state index contributed by atoms with van der Waals surface area (Å²) in [5.74, 6) is -2.97. The van der Waals surface area contributed by atoms with Crippen molar-refractivity contribution in [2.45, 2.75) is 51.9 Å². The van der Waals surface area contributed by atoms with Gasteiger partial charge in [0, 0.05) is 32.4 Å². The second-order valence-corrected chi connectivity index (χ2v) is 14.1. The molecule has 0 amide bonds. The number of aromatic nitrogens is 3. The zero-order valence-corrected chi connectivity index (χ0v) is 28.3. The van der Waals surface area contributed by atoms with Crippen LogP contribution in [-0.2, 0) is 53.0 Å². The van der Waals surface area contributed by atoms with Crippen molar-refractivity contribution < 1.29 is 72.7 Å². The fourth-order valence-corrected chi connectivity index (χ4v) is 6.64. The smallest absolute Gasteiger partial charge is 0.448 e. The summed E-state index contributed by atoms with van der Waals surface area (Å²) in [6.07, 6.45) is 1.91. The van der Waals surface area contributed by atoms with Crippen molar-refractivity contribution >= 4 is 52.6 Å². The molecule has 1 aromatic rings. The minimum absolute atomic E-state index is 0.0449. The number of rotatable bonds is 27. The number of esters is 1. The van der Waals surface area contributed by atoms with E-state index in [9.17, 15) is 31.2 Å². The minimum atomic E-state index is -4.95. The monoisotopic (exact) mass is 736 g/mol. The number of hydrogen-bond donors (Lipinski definition) is 4. The van der Waals surface area contributed by atoms with E-state index in [4.69, 9.17) is 33.2 Å². The first-order valence-corrected chi connectivity index (χ1v) is 19.0. The van der Waals surface area contributed by atoms with Crippen molar-refractivity contribution in [2.24, 2.45) is 0 Å². The van der Waals surface area contributed by atoms with E-state index in [0.717, 1.165) is 6.42 Å². The Balaban J connectivity index is 2.77. The van der Waals surface area contributed by atoms with Crippen molar-refractivity contribution in [1.29, 1.82) is 0 Å². The molecule has 1 rings (SSSR count). The molecule has 0 aliphatic heterocycles. The molecule has 0 atom stereocenters. The highest BCUT2D eigenvalue weighted by Crippen LogP contribution is 2.39. The Labute approximate surface area is 273 Å². The maximum atomic E-state index is 12.6. The normalized spacial score (nSPS) is 11.7. The number of nitrogens with zero attached hydrogens (tertiary/aromatic N) is 3. The molecule has 20 nitrogen and oxygen atoms in total. The van der Waals surface area contributed by atoms with Crippen LogP contribution >= 0.6 is 7.92 Å². The minimum Gasteiger partial charge on any atom is -0.461 e. The Morgan fingerprint density at radius 2 is 1.26 bits per heavy atom. The summed E-state index contributed by atoms with van der Waals surface area (Å²) in [4.78, 5) is 48.0. The summed E-state index contributed by atoms with van der Waals surface area (Å²) in [7, 11) is -10.9. The highest BCUT2D eigenvalue weighted by atomic mass is 32.3. The van der Waals surface area contributed by atoms with E-state index >= 15 is 0 Å². The molecular formula is C24H41N4O16PS2. The van der Waals surface area contributed by atoms with Crippen LogP contribution in [-0.4, -0.2) is 129 Å². The standard InChI is InChI=1S/C24H41N4O16PS2/c1-2-11-39-14-15-41-23-26-22(25-9-12-40-13-10-29)27-24(28-23)42-19(30)6-3-16-45(17-4-7-20(31)43-46(33,34)35)18-5-8-21(32)44-47(36,37)38/h29H,2-18H2,1H3,(H,33,34,35)(H,36,37,38)(H,25,26,27,28). The van der Waals surface area contributed by atoms with E-state index in [-0.39, 0.29) is 89.7 Å². The quantitative estimate of drug-likeness (QED) is 0.0414. The zero-order chi connectivity index (χ0) is 35.1. The van der Waals surface area contributed by atoms with Crippen molar-refractivity contribution in [1.82, 2.24) is 15.0 Å². The van der Waals surface area contributed by atoms with Crippen molar-refractivity contribution in [3.63, 3.8) is 0 Å². The third-order valence-corrected chi connectivity index (χ3v) is 8.97. The van der Waals surface area contributed by atoms with Gasteiger partial charge < -0.3 is 37.7 Å². The molecule has 0 spiro atoms. The van der Waals surface area contributed by atoms with Gasteiger partial charge in [0.2, 0.25) is 5.95 Å². The topological polar surface area (TPSA) is 286 Å². The summed E-state index contributed by atoms with van der Waals surface area (Å²) in [5, 5.41) is 11.7. The average molecular weight is 737 g/mol. The van der Waals surface area contributed by atoms with Crippen LogP contribution in [0.2, 0.25) is 0 Å². The number of ether oxygens (including phenoxy) is 4. The third-order valence-electron chi connectivity index (χ3n) is 5.33. The maximum Gasteiger partial charge on any atom is 0.448 e. The van der Waals surface area contributed by atoms with Crippen molar-refractivity contribution in [3.8, 4) is 12.0 Å². The van der Waals surface area contributed by atoms with E-state index < -0.39 is 46.6 Å². The Morgan fingerprint density at radius 1 is 0.723 bits per heavy atom. The maximum absolute atomic E-state index is 12.6. The molecule has 0 unspecified atom stereocenters. The summed E-state index contributed by atoms with van der Waals surface area (Å²) >= 11 is 0. The van der Waals surface area contributed by atoms with Gasteiger partial charge in [0.25, 0.3) is 0 Å². The van der Waals surface area contributed by atoms with Gasteiger partial charge in [-0.15, -0.1) is 12.9 Å². The lowest BCUT2D eigenvalue weighted by Gasteiger charge is -2.17. The molecule has 0 saturated carbocycles. The number of hydrogen-bond acceptors (Lipinski definition) is 18. The number of anilines is 1. The average Bonchev–Trinajstić information content (AvgIpc) is 2.94. The number of aliphatic hydroxyl groups excluding tert-OH is 1. The molecule has 23 heteroatoms. The van der Waals surface area contributed by atoms with Crippen LogP contribution in [0.4, 0.5) is 5.95 Å². The van der Waals surface area contributed by atoms with Crippen molar-refractivity contribution in [2.75, 3.05) is 70.0 Å². The van der Waals surface area contributed by atoms with E-state index in [2.05, 4.69) is 28.6 Å². The molecule has 1 heterocycles. The van der Waals surface area contributed by atoms with Crippen LogP contribution in [0.5, 0.6) is 12.0 Å². The highest BCUT2D eigenvalue weighted by molar-refractivity contribution is 7.81. The van der Waals surface area contributed by atoms with Gasteiger partial charge in [0.05, 0.1) is 26.4 Å². The molecule has 4 N–H and O–H groups in total. The SMILES string of the molecule is CCCOCCOc1nc(NCCOCCO)nc(OC(=O)CCCP(CCCC(=O)OS(=O)(=O)O)CCCC(=O)OS(=O)(=O)O)n1. The lowest BCUT2D eigenvalue weighted by atomic mass is 10.3. The Morgan fingerprint density at radius 3 is 1.79 bits per heavy atom. The molecule has 0 aliphatic rings. The van der Waals surface area contributed by atoms with E-state index in [1.54, 1.807) is 0 Å². The lowest BCUT2D eigenvalue weighted by molar-refractivity contribution is -0.135. The summed E-state index contributed by atoms with van der Waals surface area (Å²) in [5.41, 5.74) is 0. The molecule has 0 radical (unpaired) electrons. The second-order valence-electron chi connectivity index (χ2n) is 9.34. The predicted molar refractivity (Wildman–Crippen MR) is 163 cm³/mol. The first-order valence-electron chi connectivity index (χ1n) is 14.4. The van der Waals surface area contributed by atoms with Crippen molar-refractivity contribution in [3.05, 3.63) is 0 Å². The number of nitrogens with one attached hydrogen (secondary N) is 1. The van der Waals surface area contributed by atoms with Gasteiger partial charge in [-0.3, -0.25) is 23.5 Å². The highest BCUT2D eigenvalue weighted by Gasteiger charge is 2.18. The van der Waals surface area contributed by atoms with Crippen LogP contribution in [0.25, 0.3) is 0 Å². The van der Waals surface area contributed by atoms with Crippen LogP contribution in [0.15, 0.2) is 0 Å². The molecule has 0 bridgehead atoms. The largest absolute Gasteiger partial charge is 0.461 e. The van der Waals surface area contributed by atoms with Gasteiger partial charge in [0.15, 0.2) is 0 Å². The molecule has 0 aromatic carbocycles. The van der Waals surface area contributed by atoms with Gasteiger partial charge in [-0.25, -0.2) is 0 Å².